The molecule has 11 nitrogen and oxygen atoms in total. The summed E-state index contributed by atoms with van der Waals surface area (Å²) in [5.41, 5.74) is 5.33. The minimum Gasteiger partial charge on any atom is -0.480 e. The number of aliphatic carboxylic acids is 1. The number of carboxylic acid groups (broad SMARTS) is 1. The van der Waals surface area contributed by atoms with Crippen LogP contribution in [0.15, 0.2) is 12.2 Å². The summed E-state index contributed by atoms with van der Waals surface area (Å²) < 4.78 is 32.7. The number of unbranched alkanes of at least 4 members (excludes halogenated alkanes) is 25. The van der Waals surface area contributed by atoms with Gasteiger partial charge in [-0.15, -0.1) is 0 Å². The van der Waals surface area contributed by atoms with Crippen molar-refractivity contribution in [3.63, 3.8) is 0 Å². The predicted octanol–water partition coefficient (Wildman–Crippen LogP) is 11.3. The number of phosphoric acid groups is 1. The van der Waals surface area contributed by atoms with E-state index < -0.39 is 51.1 Å². The summed E-state index contributed by atoms with van der Waals surface area (Å²) in [7, 11) is -4.71. The Balaban J connectivity index is 4.35. The first-order valence-electron chi connectivity index (χ1n) is 21.7. The van der Waals surface area contributed by atoms with Gasteiger partial charge in [0.25, 0.3) is 0 Å². The van der Waals surface area contributed by atoms with Gasteiger partial charge in [-0.3, -0.25) is 23.4 Å². The van der Waals surface area contributed by atoms with E-state index in [1.54, 1.807) is 0 Å². The van der Waals surface area contributed by atoms with Gasteiger partial charge in [0, 0.05) is 12.8 Å². The van der Waals surface area contributed by atoms with Crippen LogP contribution in [0.2, 0.25) is 0 Å². The lowest BCUT2D eigenvalue weighted by Gasteiger charge is -2.20. The molecule has 0 aliphatic heterocycles. The molecule has 0 aliphatic carbocycles. The van der Waals surface area contributed by atoms with Crippen LogP contribution in [0, 0.1) is 0 Å². The second kappa shape index (κ2) is 38.1. The molecule has 2 unspecified atom stereocenters. The molecule has 12 heteroatoms. The molecule has 3 atom stereocenters. The van der Waals surface area contributed by atoms with Crippen LogP contribution in [0.5, 0.6) is 0 Å². The zero-order chi connectivity index (χ0) is 40.0. The first-order chi connectivity index (χ1) is 26.1. The summed E-state index contributed by atoms with van der Waals surface area (Å²) >= 11 is 0. The molecule has 4 N–H and O–H groups in total. The molecule has 0 rings (SSSR count). The van der Waals surface area contributed by atoms with Gasteiger partial charge in [0.05, 0.1) is 13.2 Å². The van der Waals surface area contributed by atoms with Crippen LogP contribution in [0.25, 0.3) is 0 Å². The molecule has 0 aromatic carbocycles. The number of hydrogen-bond donors (Lipinski definition) is 3. The number of nitrogens with two attached hydrogens (primary N) is 1. The fourth-order valence-electron chi connectivity index (χ4n) is 6.06. The highest BCUT2D eigenvalue weighted by Gasteiger charge is 2.28. The van der Waals surface area contributed by atoms with E-state index in [-0.39, 0.29) is 19.4 Å². The van der Waals surface area contributed by atoms with Crippen molar-refractivity contribution in [3.8, 4) is 0 Å². The van der Waals surface area contributed by atoms with Gasteiger partial charge in [0.15, 0.2) is 6.10 Å². The standard InChI is InChI=1S/C42H80NO10P/c1-3-5-7-9-11-13-15-17-19-21-23-25-27-29-31-33-40(44)50-35-38(36-51-54(48,49)52-37-39(43)42(46)47)53-41(45)34-32-30-28-26-24-22-20-18-16-14-12-10-8-6-4-2/h18,20,38-39H,3-17,19,21-37,43H2,1-2H3,(H,46,47)(H,48,49)/b20-18-/t38-,39?/m0/s1. The SMILES string of the molecule is CCCCCCCC/C=C\CCCCCCCC(=O)O[C@@H](COC(=O)CCCCCCCCCCCCCCCCC)COP(=O)(O)OCC(N)C(=O)O. The lowest BCUT2D eigenvalue weighted by molar-refractivity contribution is -0.161. The average Bonchev–Trinajstić information content (AvgIpc) is 3.14. The predicted molar refractivity (Wildman–Crippen MR) is 217 cm³/mol. The summed E-state index contributed by atoms with van der Waals surface area (Å²) in [6.45, 7) is 2.81. The summed E-state index contributed by atoms with van der Waals surface area (Å²) in [5, 5.41) is 8.88. The monoisotopic (exact) mass is 790 g/mol. The van der Waals surface area contributed by atoms with E-state index in [0.717, 1.165) is 57.8 Å². The number of ether oxygens (including phenoxy) is 2. The zero-order valence-electron chi connectivity index (χ0n) is 34.3. The van der Waals surface area contributed by atoms with E-state index in [2.05, 4.69) is 30.5 Å². The van der Waals surface area contributed by atoms with Crippen molar-refractivity contribution in [2.75, 3.05) is 19.8 Å². The fraction of sp³-hybridized carbons (Fsp3) is 0.881. The van der Waals surface area contributed by atoms with Gasteiger partial charge in [-0.05, 0) is 38.5 Å². The maximum absolute atomic E-state index is 12.6. The van der Waals surface area contributed by atoms with Crippen LogP contribution in [-0.2, 0) is 37.5 Å². The number of rotatable bonds is 41. The number of esters is 2. The summed E-state index contributed by atoms with van der Waals surface area (Å²) in [6.07, 6.45) is 37.0. The molecule has 54 heavy (non-hydrogen) atoms. The highest BCUT2D eigenvalue weighted by Crippen LogP contribution is 2.43. The first-order valence-corrected chi connectivity index (χ1v) is 23.2. The Labute approximate surface area is 328 Å². The highest BCUT2D eigenvalue weighted by molar-refractivity contribution is 7.47. The van der Waals surface area contributed by atoms with Crippen molar-refractivity contribution >= 4 is 25.7 Å². The van der Waals surface area contributed by atoms with Crippen LogP contribution >= 0.6 is 7.82 Å². The van der Waals surface area contributed by atoms with Gasteiger partial charge in [0.2, 0.25) is 0 Å². The molecule has 0 saturated carbocycles. The molecule has 0 heterocycles. The van der Waals surface area contributed by atoms with Crippen molar-refractivity contribution < 1.29 is 47.5 Å². The normalized spacial score (nSPS) is 13.9. The van der Waals surface area contributed by atoms with Crippen molar-refractivity contribution in [2.24, 2.45) is 5.73 Å². The summed E-state index contributed by atoms with van der Waals surface area (Å²) in [4.78, 5) is 45.9. The van der Waals surface area contributed by atoms with Crippen molar-refractivity contribution in [1.29, 1.82) is 0 Å². The maximum Gasteiger partial charge on any atom is 0.472 e. The molecule has 0 aromatic rings. The van der Waals surface area contributed by atoms with Gasteiger partial charge >= 0.3 is 25.7 Å². The van der Waals surface area contributed by atoms with Gasteiger partial charge in [-0.2, -0.15) is 0 Å². The molecule has 0 radical (unpaired) electrons. The van der Waals surface area contributed by atoms with Crippen LogP contribution in [0.3, 0.4) is 0 Å². The molecular weight excluding hydrogens is 709 g/mol. The fourth-order valence-corrected chi connectivity index (χ4v) is 6.84. The zero-order valence-corrected chi connectivity index (χ0v) is 35.2. The average molecular weight is 790 g/mol. The quantitative estimate of drug-likeness (QED) is 0.0233. The Morgan fingerprint density at radius 1 is 0.556 bits per heavy atom. The molecular formula is C42H80NO10P. The number of allylic oxidation sites excluding steroid dienone is 2. The maximum atomic E-state index is 12.6. The molecule has 0 fully saturated rings. The van der Waals surface area contributed by atoms with Crippen LogP contribution in [0.1, 0.15) is 206 Å². The van der Waals surface area contributed by atoms with Gasteiger partial charge in [-0.1, -0.05) is 167 Å². The number of carboxylic acids is 1. The molecule has 0 amide bonds. The van der Waals surface area contributed by atoms with Gasteiger partial charge in [0.1, 0.15) is 12.6 Å². The second-order valence-electron chi connectivity index (χ2n) is 14.8. The van der Waals surface area contributed by atoms with Gasteiger partial charge in [-0.25, -0.2) is 4.57 Å². The van der Waals surface area contributed by atoms with Crippen molar-refractivity contribution in [2.45, 2.75) is 219 Å². The first kappa shape index (κ1) is 52.2. The molecule has 0 aromatic heterocycles. The Kier molecular flexibility index (Phi) is 36.9. The topological polar surface area (TPSA) is 172 Å². The Morgan fingerprint density at radius 2 is 0.926 bits per heavy atom. The Hall–Kier alpha value is -1.78. The van der Waals surface area contributed by atoms with Crippen molar-refractivity contribution in [3.05, 3.63) is 12.2 Å². The smallest absolute Gasteiger partial charge is 0.472 e. The molecule has 318 valence electrons. The molecule has 0 aliphatic rings. The Bertz CT molecular complexity index is 979. The number of carbonyl (C=O) groups excluding carboxylic acids is 2. The Morgan fingerprint density at radius 3 is 1.35 bits per heavy atom. The van der Waals surface area contributed by atoms with E-state index in [1.165, 1.54) is 109 Å². The second-order valence-corrected chi connectivity index (χ2v) is 16.3. The lowest BCUT2D eigenvalue weighted by Crippen LogP contribution is -2.34. The summed E-state index contributed by atoms with van der Waals surface area (Å²) in [5.74, 6) is -2.38. The molecule has 0 spiro atoms. The third-order valence-corrected chi connectivity index (χ3v) is 10.5. The van der Waals surface area contributed by atoms with Crippen LogP contribution in [0.4, 0.5) is 0 Å². The van der Waals surface area contributed by atoms with E-state index in [4.69, 9.17) is 24.8 Å². The van der Waals surface area contributed by atoms with Crippen LogP contribution < -0.4 is 5.73 Å². The van der Waals surface area contributed by atoms with Gasteiger partial charge < -0.3 is 25.2 Å². The molecule has 0 bridgehead atoms. The minimum atomic E-state index is -4.71. The van der Waals surface area contributed by atoms with E-state index in [0.29, 0.717) is 12.8 Å². The number of phosphoric ester groups is 1. The molecule has 0 saturated heterocycles. The largest absolute Gasteiger partial charge is 0.480 e. The van der Waals surface area contributed by atoms with Crippen LogP contribution in [-0.4, -0.2) is 59.9 Å². The third-order valence-electron chi connectivity index (χ3n) is 9.51. The third kappa shape index (κ3) is 37.2. The van der Waals surface area contributed by atoms with Crippen molar-refractivity contribution in [1.82, 2.24) is 0 Å². The number of carbonyl (C=O) groups is 3. The van der Waals surface area contributed by atoms with E-state index in [1.807, 2.05) is 0 Å². The minimum absolute atomic E-state index is 0.155. The van der Waals surface area contributed by atoms with E-state index in [9.17, 15) is 23.8 Å². The lowest BCUT2D eigenvalue weighted by atomic mass is 10.0. The highest BCUT2D eigenvalue weighted by atomic mass is 31.2. The number of hydrogen-bond acceptors (Lipinski definition) is 9. The summed E-state index contributed by atoms with van der Waals surface area (Å²) in [6, 6.07) is -1.52. The van der Waals surface area contributed by atoms with E-state index >= 15 is 0 Å².